The van der Waals surface area contributed by atoms with E-state index in [9.17, 15) is 4.79 Å². The Kier molecular flexibility index (Phi) is 4.70. The molecule has 1 aromatic carbocycles. The lowest BCUT2D eigenvalue weighted by Crippen LogP contribution is -2.56. The molecule has 0 N–H and O–H groups in total. The molecule has 1 aromatic rings. The lowest BCUT2D eigenvalue weighted by Gasteiger charge is -2.52. The van der Waals surface area contributed by atoms with Crippen LogP contribution in [-0.4, -0.2) is 23.8 Å². The third-order valence-electron chi connectivity index (χ3n) is 7.51. The average Bonchev–Trinajstić information content (AvgIpc) is 3.13. The molecule has 6 atom stereocenters. The fourth-order valence-corrected chi connectivity index (χ4v) is 6.15. The van der Waals surface area contributed by atoms with E-state index in [-0.39, 0.29) is 23.1 Å². The van der Waals surface area contributed by atoms with Gasteiger partial charge in [-0.05, 0) is 56.1 Å². The quantitative estimate of drug-likeness (QED) is 0.538. The normalized spacial score (nSPS) is 40.5. The molecule has 4 rings (SSSR count). The van der Waals surface area contributed by atoms with E-state index in [1.54, 1.807) is 6.08 Å². The van der Waals surface area contributed by atoms with Crippen LogP contribution in [0.3, 0.4) is 0 Å². The molecule has 146 valence electrons. The third-order valence-corrected chi connectivity index (χ3v) is 7.51. The number of fused-ring (bicyclic) bond motifs is 5. The maximum Gasteiger partial charge on any atom is 0.331 e. The topological polar surface area (TPSA) is 35.5 Å². The zero-order valence-corrected chi connectivity index (χ0v) is 17.0. The van der Waals surface area contributed by atoms with E-state index >= 15 is 0 Å². The molecule has 1 aliphatic carbocycles. The lowest BCUT2D eigenvalue weighted by molar-refractivity contribution is -0.166. The van der Waals surface area contributed by atoms with Crippen molar-refractivity contribution in [2.75, 3.05) is 0 Å². The Bertz CT molecular complexity index is 724. The van der Waals surface area contributed by atoms with Crippen molar-refractivity contribution in [1.29, 1.82) is 0 Å². The van der Waals surface area contributed by atoms with Crippen LogP contribution in [0.25, 0.3) is 6.08 Å². The van der Waals surface area contributed by atoms with Crippen LogP contribution >= 0.6 is 0 Å². The fourth-order valence-electron chi connectivity index (χ4n) is 6.15. The van der Waals surface area contributed by atoms with E-state index in [2.05, 4.69) is 27.7 Å². The molecule has 0 spiro atoms. The standard InChI is InChI=1S/C24H32O3/c1-16(2)18-12-14-23(3)19-13-15-24(4,27-19)22(23)21(18)26-20(25)11-10-17-8-6-5-7-9-17/h5-11,16,18-19,21-22H,12-15H2,1-4H3. The monoisotopic (exact) mass is 368 g/mol. The van der Waals surface area contributed by atoms with Crippen molar-refractivity contribution in [2.45, 2.75) is 71.2 Å². The van der Waals surface area contributed by atoms with E-state index in [1.165, 1.54) is 6.42 Å². The van der Waals surface area contributed by atoms with Crippen molar-refractivity contribution < 1.29 is 14.3 Å². The molecular formula is C24H32O3. The molecule has 27 heavy (non-hydrogen) atoms. The van der Waals surface area contributed by atoms with Crippen LogP contribution in [0.4, 0.5) is 0 Å². The van der Waals surface area contributed by atoms with Crippen LogP contribution in [0.5, 0.6) is 0 Å². The van der Waals surface area contributed by atoms with Gasteiger partial charge in [-0.15, -0.1) is 0 Å². The predicted octanol–water partition coefficient (Wildman–Crippen LogP) is 5.25. The summed E-state index contributed by atoms with van der Waals surface area (Å²) in [6.07, 6.45) is 8.19. The minimum Gasteiger partial charge on any atom is -0.458 e. The number of carbonyl (C=O) groups excluding carboxylic acids is 1. The first-order valence-electron chi connectivity index (χ1n) is 10.4. The van der Waals surface area contributed by atoms with Gasteiger partial charge >= 0.3 is 5.97 Å². The van der Waals surface area contributed by atoms with Gasteiger partial charge < -0.3 is 9.47 Å². The minimum absolute atomic E-state index is 0.0630. The van der Waals surface area contributed by atoms with E-state index in [4.69, 9.17) is 9.47 Å². The van der Waals surface area contributed by atoms with Gasteiger partial charge in [0.15, 0.2) is 0 Å². The second kappa shape index (κ2) is 6.77. The summed E-state index contributed by atoms with van der Waals surface area (Å²) in [6.45, 7) is 9.12. The zero-order chi connectivity index (χ0) is 19.2. The van der Waals surface area contributed by atoms with Crippen molar-refractivity contribution >= 4 is 12.0 Å². The van der Waals surface area contributed by atoms with E-state index in [1.807, 2.05) is 36.4 Å². The van der Waals surface area contributed by atoms with Gasteiger partial charge in [-0.2, -0.15) is 0 Å². The van der Waals surface area contributed by atoms with Gasteiger partial charge in [-0.1, -0.05) is 51.1 Å². The van der Waals surface area contributed by atoms with Crippen LogP contribution in [0.1, 0.15) is 58.9 Å². The van der Waals surface area contributed by atoms with Gasteiger partial charge in [0.25, 0.3) is 0 Å². The number of hydrogen-bond donors (Lipinski definition) is 0. The number of rotatable bonds is 4. The lowest BCUT2D eigenvalue weighted by atomic mass is 9.53. The number of benzene rings is 1. The highest BCUT2D eigenvalue weighted by Crippen LogP contribution is 2.65. The van der Waals surface area contributed by atoms with Gasteiger partial charge in [-0.3, -0.25) is 0 Å². The van der Waals surface area contributed by atoms with Crippen molar-refractivity contribution in [1.82, 2.24) is 0 Å². The van der Waals surface area contributed by atoms with Crippen molar-refractivity contribution in [2.24, 2.45) is 23.2 Å². The van der Waals surface area contributed by atoms with Gasteiger partial charge in [0.2, 0.25) is 0 Å². The Hall–Kier alpha value is -1.61. The number of hydrogen-bond acceptors (Lipinski definition) is 3. The summed E-state index contributed by atoms with van der Waals surface area (Å²) in [6, 6.07) is 9.90. The second-order valence-corrected chi connectivity index (χ2v) is 9.53. The van der Waals surface area contributed by atoms with Crippen molar-refractivity contribution in [3.63, 3.8) is 0 Å². The molecule has 0 amide bonds. The van der Waals surface area contributed by atoms with Gasteiger partial charge in [0.05, 0.1) is 11.7 Å². The molecule has 3 heteroatoms. The largest absolute Gasteiger partial charge is 0.458 e. The van der Waals surface area contributed by atoms with Crippen LogP contribution in [0, 0.1) is 23.2 Å². The molecule has 2 bridgehead atoms. The van der Waals surface area contributed by atoms with Gasteiger partial charge in [0, 0.05) is 17.4 Å². The third kappa shape index (κ3) is 3.14. The second-order valence-electron chi connectivity index (χ2n) is 9.53. The smallest absolute Gasteiger partial charge is 0.331 e. The first kappa shape index (κ1) is 18.7. The summed E-state index contributed by atoms with van der Waals surface area (Å²) in [5.41, 5.74) is 0.992. The average molecular weight is 369 g/mol. The fraction of sp³-hybridized carbons (Fsp3) is 0.625. The van der Waals surface area contributed by atoms with Crippen LogP contribution < -0.4 is 0 Å². The van der Waals surface area contributed by atoms with Crippen LogP contribution in [-0.2, 0) is 14.3 Å². The van der Waals surface area contributed by atoms with Crippen molar-refractivity contribution in [3.8, 4) is 0 Å². The molecular weight excluding hydrogens is 336 g/mol. The molecule has 3 fully saturated rings. The highest BCUT2D eigenvalue weighted by atomic mass is 16.6. The molecule has 2 aliphatic heterocycles. The number of esters is 1. The van der Waals surface area contributed by atoms with E-state index < -0.39 is 0 Å². The van der Waals surface area contributed by atoms with E-state index in [0.717, 1.165) is 24.8 Å². The first-order chi connectivity index (χ1) is 12.8. The van der Waals surface area contributed by atoms with Crippen molar-refractivity contribution in [3.05, 3.63) is 42.0 Å². The maximum absolute atomic E-state index is 12.7. The zero-order valence-electron chi connectivity index (χ0n) is 17.0. The van der Waals surface area contributed by atoms with Crippen LogP contribution in [0.2, 0.25) is 0 Å². The van der Waals surface area contributed by atoms with Gasteiger partial charge in [0.1, 0.15) is 6.10 Å². The molecule has 6 unspecified atom stereocenters. The predicted molar refractivity (Wildman–Crippen MR) is 107 cm³/mol. The Balaban J connectivity index is 1.57. The number of ether oxygens (including phenoxy) is 2. The van der Waals surface area contributed by atoms with Gasteiger partial charge in [-0.25, -0.2) is 4.79 Å². The Morgan fingerprint density at radius 1 is 1.19 bits per heavy atom. The molecule has 3 aliphatic rings. The SMILES string of the molecule is CC(C)C1CCC2(C)C3CCC(C)(O3)C2C1OC(=O)C=Cc1ccccc1. The molecule has 1 saturated carbocycles. The summed E-state index contributed by atoms with van der Waals surface area (Å²) >= 11 is 0. The van der Waals surface area contributed by atoms with Crippen LogP contribution in [0.15, 0.2) is 36.4 Å². The highest BCUT2D eigenvalue weighted by Gasteiger charge is 2.68. The molecule has 3 nitrogen and oxygen atoms in total. The Labute approximate surface area is 163 Å². The summed E-state index contributed by atoms with van der Waals surface area (Å²) in [7, 11) is 0. The number of carbonyl (C=O) groups is 1. The Morgan fingerprint density at radius 3 is 2.63 bits per heavy atom. The maximum atomic E-state index is 12.7. The minimum atomic E-state index is -0.231. The highest BCUT2D eigenvalue weighted by molar-refractivity contribution is 5.87. The molecule has 2 heterocycles. The summed E-state index contributed by atoms with van der Waals surface area (Å²) in [4.78, 5) is 12.7. The molecule has 0 aromatic heterocycles. The summed E-state index contributed by atoms with van der Waals surface area (Å²) < 4.78 is 12.6. The molecule has 2 saturated heterocycles. The first-order valence-corrected chi connectivity index (χ1v) is 10.4. The Morgan fingerprint density at radius 2 is 1.93 bits per heavy atom. The summed E-state index contributed by atoms with van der Waals surface area (Å²) in [5.74, 6) is 0.953. The summed E-state index contributed by atoms with van der Waals surface area (Å²) in [5, 5.41) is 0. The van der Waals surface area contributed by atoms with E-state index in [0.29, 0.717) is 23.9 Å². The molecule has 0 radical (unpaired) electrons.